The summed E-state index contributed by atoms with van der Waals surface area (Å²) in [7, 11) is 1.58. The molecule has 0 unspecified atom stereocenters. The van der Waals surface area contributed by atoms with Crippen molar-refractivity contribution in [3.63, 3.8) is 0 Å². The van der Waals surface area contributed by atoms with E-state index in [0.29, 0.717) is 22.5 Å². The standard InChI is InChI=1S/C24H19BrClFN4O2S/c1-33-20-8-3-2-7-19(20)31-21(13-28-23(32)22-17(26)5-4-6-18(22)27)29-30-24(31)34-14-15-9-11-16(25)12-10-15/h2-12H,13-14H2,1H3,(H,28,32). The van der Waals surface area contributed by atoms with E-state index in [1.165, 1.54) is 30.0 Å². The minimum atomic E-state index is -0.693. The average Bonchev–Trinajstić information content (AvgIpc) is 3.24. The molecular formula is C24H19BrClFN4O2S. The maximum Gasteiger partial charge on any atom is 0.256 e. The van der Waals surface area contributed by atoms with E-state index in [0.717, 1.165) is 15.7 Å². The van der Waals surface area contributed by atoms with E-state index in [1.54, 1.807) is 7.11 Å². The van der Waals surface area contributed by atoms with Crippen molar-refractivity contribution in [2.75, 3.05) is 7.11 Å². The molecule has 1 N–H and O–H groups in total. The van der Waals surface area contributed by atoms with Crippen LogP contribution in [-0.2, 0) is 12.3 Å². The van der Waals surface area contributed by atoms with Crippen LogP contribution < -0.4 is 10.1 Å². The molecule has 0 saturated heterocycles. The first-order valence-corrected chi connectivity index (χ1v) is 12.3. The zero-order valence-electron chi connectivity index (χ0n) is 18.0. The summed E-state index contributed by atoms with van der Waals surface area (Å²) >= 11 is 11.0. The number of carbonyl (C=O) groups excluding carboxylic acids is 1. The molecule has 0 aliphatic rings. The van der Waals surface area contributed by atoms with Crippen molar-refractivity contribution in [2.24, 2.45) is 0 Å². The van der Waals surface area contributed by atoms with Crippen molar-refractivity contribution >= 4 is 45.2 Å². The van der Waals surface area contributed by atoms with Crippen molar-refractivity contribution < 1.29 is 13.9 Å². The van der Waals surface area contributed by atoms with Gasteiger partial charge >= 0.3 is 0 Å². The summed E-state index contributed by atoms with van der Waals surface area (Å²) in [6, 6.07) is 19.6. The number of benzene rings is 3. The Balaban J connectivity index is 1.63. The van der Waals surface area contributed by atoms with Crippen molar-refractivity contribution in [3.05, 3.63) is 99.0 Å². The van der Waals surface area contributed by atoms with Gasteiger partial charge in [0.2, 0.25) is 0 Å². The lowest BCUT2D eigenvalue weighted by Crippen LogP contribution is -2.26. The van der Waals surface area contributed by atoms with E-state index >= 15 is 0 Å². The molecule has 0 aliphatic carbocycles. The predicted octanol–water partition coefficient (Wildman–Crippen LogP) is 6.05. The minimum absolute atomic E-state index is 0.00733. The van der Waals surface area contributed by atoms with Gasteiger partial charge in [-0.3, -0.25) is 9.36 Å². The Hall–Kier alpha value is -2.88. The molecule has 0 aliphatic heterocycles. The molecule has 1 heterocycles. The molecule has 4 aromatic rings. The topological polar surface area (TPSA) is 69.0 Å². The van der Waals surface area contributed by atoms with Crippen LogP contribution >= 0.6 is 39.3 Å². The van der Waals surface area contributed by atoms with E-state index in [2.05, 4.69) is 31.4 Å². The molecule has 0 spiro atoms. The third-order valence-electron chi connectivity index (χ3n) is 4.90. The van der Waals surface area contributed by atoms with Crippen LogP contribution in [0, 0.1) is 5.82 Å². The van der Waals surface area contributed by atoms with Crippen LogP contribution in [-0.4, -0.2) is 27.8 Å². The molecule has 0 atom stereocenters. The van der Waals surface area contributed by atoms with Gasteiger partial charge in [-0.2, -0.15) is 0 Å². The van der Waals surface area contributed by atoms with Crippen molar-refractivity contribution in [1.29, 1.82) is 0 Å². The van der Waals surface area contributed by atoms with E-state index in [4.69, 9.17) is 16.3 Å². The number of thioether (sulfide) groups is 1. The molecule has 3 aromatic carbocycles. The van der Waals surface area contributed by atoms with E-state index in [9.17, 15) is 9.18 Å². The zero-order valence-corrected chi connectivity index (χ0v) is 21.1. The van der Waals surface area contributed by atoms with Gasteiger partial charge in [0, 0.05) is 10.2 Å². The molecule has 0 bridgehead atoms. The Morgan fingerprint density at radius 3 is 2.62 bits per heavy atom. The molecule has 6 nitrogen and oxygen atoms in total. The van der Waals surface area contributed by atoms with E-state index < -0.39 is 11.7 Å². The molecule has 10 heteroatoms. The fraction of sp³-hybridized carbons (Fsp3) is 0.125. The highest BCUT2D eigenvalue weighted by molar-refractivity contribution is 9.10. The van der Waals surface area contributed by atoms with Gasteiger partial charge in [0.25, 0.3) is 5.91 Å². The summed E-state index contributed by atoms with van der Waals surface area (Å²) in [5.41, 5.74) is 1.63. The van der Waals surface area contributed by atoms with Crippen LogP contribution in [0.4, 0.5) is 4.39 Å². The summed E-state index contributed by atoms with van der Waals surface area (Å²) < 4.78 is 22.5. The lowest BCUT2D eigenvalue weighted by molar-refractivity contribution is 0.0945. The maximum atomic E-state index is 14.2. The van der Waals surface area contributed by atoms with Crippen molar-refractivity contribution in [2.45, 2.75) is 17.5 Å². The number of para-hydroxylation sites is 2. The Labute approximate surface area is 213 Å². The number of halogens is 3. The Kier molecular flexibility index (Phi) is 7.87. The van der Waals surface area contributed by atoms with Crippen LogP contribution in [0.5, 0.6) is 5.75 Å². The van der Waals surface area contributed by atoms with Gasteiger partial charge in [-0.1, -0.05) is 69.6 Å². The fourth-order valence-electron chi connectivity index (χ4n) is 3.26. The third-order valence-corrected chi connectivity index (χ3v) is 6.75. The number of nitrogens with zero attached hydrogens (tertiary/aromatic N) is 3. The third kappa shape index (κ3) is 5.43. The normalized spacial score (nSPS) is 10.8. The summed E-state index contributed by atoms with van der Waals surface area (Å²) in [6.07, 6.45) is 0. The van der Waals surface area contributed by atoms with E-state index in [1.807, 2.05) is 53.1 Å². The number of nitrogens with one attached hydrogen (secondary N) is 1. The lowest BCUT2D eigenvalue weighted by atomic mass is 10.2. The first-order valence-electron chi connectivity index (χ1n) is 10.1. The summed E-state index contributed by atoms with van der Waals surface area (Å²) in [4.78, 5) is 12.6. The minimum Gasteiger partial charge on any atom is -0.495 e. The molecular weight excluding hydrogens is 543 g/mol. The average molecular weight is 562 g/mol. The number of ether oxygens (including phenoxy) is 1. The van der Waals surface area contributed by atoms with Crippen LogP contribution in [0.1, 0.15) is 21.7 Å². The highest BCUT2D eigenvalue weighted by atomic mass is 79.9. The Morgan fingerprint density at radius 1 is 1.12 bits per heavy atom. The maximum absolute atomic E-state index is 14.2. The van der Waals surface area contributed by atoms with Crippen LogP contribution in [0.2, 0.25) is 5.02 Å². The molecule has 1 amide bonds. The summed E-state index contributed by atoms with van der Waals surface area (Å²) in [5.74, 6) is 0.419. The van der Waals surface area contributed by atoms with Gasteiger partial charge < -0.3 is 10.1 Å². The van der Waals surface area contributed by atoms with Gasteiger partial charge in [0.15, 0.2) is 11.0 Å². The summed E-state index contributed by atoms with van der Waals surface area (Å²) in [6.45, 7) is 0.00733. The number of amides is 1. The second kappa shape index (κ2) is 11.0. The van der Waals surface area contributed by atoms with Gasteiger partial charge in [0.1, 0.15) is 11.6 Å². The SMILES string of the molecule is COc1ccccc1-n1c(CNC(=O)c2c(F)cccc2Cl)nnc1SCc1ccc(Br)cc1. The first kappa shape index (κ1) is 24.3. The molecule has 0 radical (unpaired) electrons. The van der Waals surface area contributed by atoms with Crippen LogP contribution in [0.25, 0.3) is 5.69 Å². The van der Waals surface area contributed by atoms with Crippen LogP contribution in [0.3, 0.4) is 0 Å². The number of carbonyl (C=O) groups is 1. The molecule has 4 rings (SSSR count). The van der Waals surface area contributed by atoms with E-state index in [-0.39, 0.29) is 17.1 Å². The predicted molar refractivity (Wildman–Crippen MR) is 134 cm³/mol. The molecule has 0 saturated carbocycles. The fourth-order valence-corrected chi connectivity index (χ4v) is 4.69. The monoisotopic (exact) mass is 560 g/mol. The Morgan fingerprint density at radius 2 is 1.88 bits per heavy atom. The largest absolute Gasteiger partial charge is 0.495 e. The Bertz CT molecular complexity index is 1300. The van der Waals surface area contributed by atoms with Gasteiger partial charge in [-0.25, -0.2) is 4.39 Å². The van der Waals surface area contributed by atoms with Crippen LogP contribution in [0.15, 0.2) is 76.4 Å². The number of methoxy groups -OCH3 is 1. The van der Waals surface area contributed by atoms with Gasteiger partial charge in [-0.15, -0.1) is 10.2 Å². The van der Waals surface area contributed by atoms with Gasteiger partial charge in [0.05, 0.1) is 29.9 Å². The van der Waals surface area contributed by atoms with Crippen molar-refractivity contribution in [3.8, 4) is 11.4 Å². The second-order valence-electron chi connectivity index (χ2n) is 7.10. The molecule has 174 valence electrons. The summed E-state index contributed by atoms with van der Waals surface area (Å²) in [5, 5.41) is 12.0. The number of hydrogen-bond acceptors (Lipinski definition) is 5. The quantitative estimate of drug-likeness (QED) is 0.265. The second-order valence-corrected chi connectivity index (χ2v) is 9.37. The number of aromatic nitrogens is 3. The number of rotatable bonds is 8. The zero-order chi connectivity index (χ0) is 24.1. The smallest absolute Gasteiger partial charge is 0.256 e. The lowest BCUT2D eigenvalue weighted by Gasteiger charge is -2.14. The van der Waals surface area contributed by atoms with Crippen molar-refractivity contribution in [1.82, 2.24) is 20.1 Å². The molecule has 34 heavy (non-hydrogen) atoms. The number of hydrogen-bond donors (Lipinski definition) is 1. The molecule has 0 fully saturated rings. The highest BCUT2D eigenvalue weighted by Crippen LogP contribution is 2.30. The molecule has 1 aromatic heterocycles. The first-order chi connectivity index (χ1) is 16.5. The van der Waals surface area contributed by atoms with Gasteiger partial charge in [-0.05, 0) is 42.0 Å². The highest BCUT2D eigenvalue weighted by Gasteiger charge is 2.20.